The quantitative estimate of drug-likeness (QED) is 0.877. The van der Waals surface area contributed by atoms with E-state index in [0.717, 1.165) is 12.2 Å². The largest absolute Gasteiger partial charge is 0.506 e. The van der Waals surface area contributed by atoms with Gasteiger partial charge in [-0.05, 0) is 31.2 Å². The number of hydrogen-bond acceptors (Lipinski definition) is 3. The first-order valence-corrected chi connectivity index (χ1v) is 6.74. The smallest absolute Gasteiger partial charge is 0.138 e. The molecule has 1 heterocycles. The number of rotatable bonds is 5. The van der Waals surface area contributed by atoms with Gasteiger partial charge in [0.15, 0.2) is 0 Å². The molecule has 1 atom stereocenters. The molecule has 0 saturated heterocycles. The van der Waals surface area contributed by atoms with Crippen LogP contribution in [0.5, 0.6) is 5.75 Å². The third-order valence-electron chi connectivity index (χ3n) is 2.84. The summed E-state index contributed by atoms with van der Waals surface area (Å²) in [5.41, 5.74) is 0.684. The standard InChI is InChI=1S/C14H15Cl2NO2/c1-9(5-12-3-2-4-19-12)17-8-10-6-11(15)7-13(16)14(10)18/h2-4,6-7,9,17-18H,5,8H2,1H3. The normalized spacial score (nSPS) is 12.6. The Morgan fingerprint density at radius 2 is 2.16 bits per heavy atom. The van der Waals surface area contributed by atoms with Crippen LogP contribution in [0.1, 0.15) is 18.2 Å². The van der Waals surface area contributed by atoms with E-state index >= 15 is 0 Å². The molecule has 2 rings (SSSR count). The summed E-state index contributed by atoms with van der Waals surface area (Å²) >= 11 is 11.8. The second-order valence-electron chi connectivity index (χ2n) is 4.46. The van der Waals surface area contributed by atoms with Gasteiger partial charge in [-0.15, -0.1) is 0 Å². The molecule has 0 aliphatic rings. The van der Waals surface area contributed by atoms with Crippen molar-refractivity contribution in [1.29, 1.82) is 0 Å². The van der Waals surface area contributed by atoms with Crippen molar-refractivity contribution in [2.75, 3.05) is 0 Å². The molecule has 0 saturated carbocycles. The van der Waals surface area contributed by atoms with Crippen LogP contribution in [0.25, 0.3) is 0 Å². The summed E-state index contributed by atoms with van der Waals surface area (Å²) in [6.45, 7) is 2.54. The van der Waals surface area contributed by atoms with Crippen LogP contribution in [-0.4, -0.2) is 11.1 Å². The van der Waals surface area contributed by atoms with E-state index in [9.17, 15) is 5.11 Å². The molecule has 19 heavy (non-hydrogen) atoms. The average molecular weight is 300 g/mol. The minimum Gasteiger partial charge on any atom is -0.506 e. The lowest BCUT2D eigenvalue weighted by atomic mass is 10.1. The van der Waals surface area contributed by atoms with E-state index in [-0.39, 0.29) is 16.8 Å². The summed E-state index contributed by atoms with van der Waals surface area (Å²) in [7, 11) is 0. The van der Waals surface area contributed by atoms with Crippen LogP contribution in [0.15, 0.2) is 34.9 Å². The van der Waals surface area contributed by atoms with Gasteiger partial charge in [-0.3, -0.25) is 0 Å². The number of halogens is 2. The SMILES string of the molecule is CC(Cc1ccco1)NCc1cc(Cl)cc(Cl)c1O. The summed E-state index contributed by atoms with van der Waals surface area (Å²) in [6, 6.07) is 7.24. The Morgan fingerprint density at radius 1 is 1.37 bits per heavy atom. The number of nitrogens with one attached hydrogen (secondary N) is 1. The van der Waals surface area contributed by atoms with E-state index in [4.69, 9.17) is 27.6 Å². The minimum absolute atomic E-state index is 0.0729. The van der Waals surface area contributed by atoms with Gasteiger partial charge in [0.2, 0.25) is 0 Å². The lowest BCUT2D eigenvalue weighted by Crippen LogP contribution is -2.27. The van der Waals surface area contributed by atoms with Gasteiger partial charge in [-0.25, -0.2) is 0 Å². The van der Waals surface area contributed by atoms with Crippen molar-refractivity contribution in [1.82, 2.24) is 5.32 Å². The predicted molar refractivity (Wildman–Crippen MR) is 76.8 cm³/mol. The molecule has 102 valence electrons. The van der Waals surface area contributed by atoms with Gasteiger partial charge in [0.1, 0.15) is 11.5 Å². The fourth-order valence-electron chi connectivity index (χ4n) is 1.84. The van der Waals surface area contributed by atoms with Crippen LogP contribution >= 0.6 is 23.2 Å². The van der Waals surface area contributed by atoms with E-state index < -0.39 is 0 Å². The highest BCUT2D eigenvalue weighted by atomic mass is 35.5. The molecule has 5 heteroatoms. The van der Waals surface area contributed by atoms with Gasteiger partial charge in [0, 0.05) is 29.6 Å². The number of aromatic hydroxyl groups is 1. The summed E-state index contributed by atoms with van der Waals surface area (Å²) in [6.07, 6.45) is 2.44. The maximum Gasteiger partial charge on any atom is 0.138 e. The van der Waals surface area contributed by atoms with Crippen molar-refractivity contribution >= 4 is 23.2 Å². The fourth-order valence-corrected chi connectivity index (χ4v) is 2.38. The Morgan fingerprint density at radius 3 is 2.84 bits per heavy atom. The van der Waals surface area contributed by atoms with E-state index in [0.29, 0.717) is 17.1 Å². The monoisotopic (exact) mass is 299 g/mol. The van der Waals surface area contributed by atoms with Gasteiger partial charge < -0.3 is 14.8 Å². The number of phenolic OH excluding ortho intramolecular Hbond substituents is 1. The summed E-state index contributed by atoms with van der Waals surface area (Å²) in [5.74, 6) is 0.997. The maximum atomic E-state index is 9.84. The first-order valence-electron chi connectivity index (χ1n) is 5.99. The first kappa shape index (κ1) is 14.3. The molecule has 2 aromatic rings. The predicted octanol–water partition coefficient (Wildman–Crippen LogP) is 4.01. The highest BCUT2D eigenvalue weighted by molar-refractivity contribution is 6.35. The zero-order valence-electron chi connectivity index (χ0n) is 10.5. The Balaban J connectivity index is 1.95. The summed E-state index contributed by atoms with van der Waals surface area (Å²) < 4.78 is 5.29. The zero-order chi connectivity index (χ0) is 13.8. The molecule has 0 aliphatic carbocycles. The third kappa shape index (κ3) is 3.90. The summed E-state index contributed by atoms with van der Waals surface area (Å²) in [5, 5.41) is 13.9. The Hall–Kier alpha value is -1.16. The lowest BCUT2D eigenvalue weighted by Gasteiger charge is -2.14. The molecule has 0 spiro atoms. The Kier molecular flexibility index (Phi) is 4.75. The van der Waals surface area contributed by atoms with Crippen molar-refractivity contribution in [3.63, 3.8) is 0 Å². The second kappa shape index (κ2) is 6.33. The highest BCUT2D eigenvalue weighted by Gasteiger charge is 2.10. The number of hydrogen-bond donors (Lipinski definition) is 2. The van der Waals surface area contributed by atoms with Crippen molar-refractivity contribution < 1.29 is 9.52 Å². The van der Waals surface area contributed by atoms with Crippen LogP contribution in [0.3, 0.4) is 0 Å². The Bertz CT molecular complexity index is 541. The molecule has 1 unspecified atom stereocenters. The van der Waals surface area contributed by atoms with E-state index in [1.807, 2.05) is 19.1 Å². The first-order chi connectivity index (χ1) is 9.06. The molecule has 1 aromatic carbocycles. The van der Waals surface area contributed by atoms with Gasteiger partial charge >= 0.3 is 0 Å². The number of benzene rings is 1. The van der Waals surface area contributed by atoms with Crippen LogP contribution in [0.2, 0.25) is 10.0 Å². The van der Waals surface area contributed by atoms with Crippen LogP contribution in [0, 0.1) is 0 Å². The van der Waals surface area contributed by atoms with Crippen LogP contribution < -0.4 is 5.32 Å². The van der Waals surface area contributed by atoms with E-state index in [2.05, 4.69) is 5.32 Å². The molecule has 1 aromatic heterocycles. The number of phenols is 1. The van der Waals surface area contributed by atoms with E-state index in [1.54, 1.807) is 12.3 Å². The van der Waals surface area contributed by atoms with Crippen molar-refractivity contribution in [2.24, 2.45) is 0 Å². The molecule has 0 aliphatic heterocycles. The van der Waals surface area contributed by atoms with Crippen molar-refractivity contribution in [3.05, 3.63) is 51.9 Å². The minimum atomic E-state index is 0.0729. The Labute approximate surface area is 122 Å². The maximum absolute atomic E-state index is 9.84. The molecule has 0 fully saturated rings. The van der Waals surface area contributed by atoms with Crippen LogP contribution in [0.4, 0.5) is 0 Å². The molecule has 3 nitrogen and oxygen atoms in total. The molecular weight excluding hydrogens is 285 g/mol. The zero-order valence-corrected chi connectivity index (χ0v) is 12.0. The topological polar surface area (TPSA) is 45.4 Å². The van der Waals surface area contributed by atoms with E-state index in [1.165, 1.54) is 6.07 Å². The van der Waals surface area contributed by atoms with Crippen molar-refractivity contribution in [3.8, 4) is 5.75 Å². The van der Waals surface area contributed by atoms with Crippen LogP contribution in [-0.2, 0) is 13.0 Å². The summed E-state index contributed by atoms with van der Waals surface area (Å²) in [4.78, 5) is 0. The van der Waals surface area contributed by atoms with Gasteiger partial charge in [-0.2, -0.15) is 0 Å². The molecule has 0 bridgehead atoms. The van der Waals surface area contributed by atoms with Gasteiger partial charge in [0.25, 0.3) is 0 Å². The fraction of sp³-hybridized carbons (Fsp3) is 0.286. The molecular formula is C14H15Cl2NO2. The molecule has 0 radical (unpaired) electrons. The molecule has 0 amide bonds. The van der Waals surface area contributed by atoms with Gasteiger partial charge in [-0.1, -0.05) is 23.2 Å². The van der Waals surface area contributed by atoms with Gasteiger partial charge in [0.05, 0.1) is 11.3 Å². The number of furan rings is 1. The average Bonchev–Trinajstić information content (AvgIpc) is 2.84. The highest BCUT2D eigenvalue weighted by Crippen LogP contribution is 2.31. The van der Waals surface area contributed by atoms with Crippen molar-refractivity contribution in [2.45, 2.75) is 25.9 Å². The molecule has 2 N–H and O–H groups in total. The lowest BCUT2D eigenvalue weighted by molar-refractivity contribution is 0.442. The third-order valence-corrected chi connectivity index (χ3v) is 3.34. The second-order valence-corrected chi connectivity index (χ2v) is 5.30.